The van der Waals surface area contributed by atoms with Gasteiger partial charge in [0.2, 0.25) is 0 Å². The topological polar surface area (TPSA) is 71.5 Å². The van der Waals surface area contributed by atoms with Gasteiger partial charge < -0.3 is 15.2 Å². The Kier molecular flexibility index (Phi) is 4.80. The quantitative estimate of drug-likeness (QED) is 0.841. The predicted octanol–water partition coefficient (Wildman–Crippen LogP) is 4.07. The van der Waals surface area contributed by atoms with E-state index >= 15 is 0 Å². The maximum Gasteiger partial charge on any atom is 0.355 e. The number of hydrogen-bond acceptors (Lipinski definition) is 5. The first-order valence-electron chi connectivity index (χ1n) is 6.74. The van der Waals surface area contributed by atoms with Gasteiger partial charge in [-0.2, -0.15) is 0 Å². The van der Waals surface area contributed by atoms with Crippen molar-refractivity contribution in [3.63, 3.8) is 0 Å². The molecular weight excluding hydrogens is 288 g/mol. The molecular formula is C15H18N2O3S. The molecule has 1 aromatic heterocycles. The van der Waals surface area contributed by atoms with Gasteiger partial charge in [-0.05, 0) is 32.4 Å². The third-order valence-electron chi connectivity index (χ3n) is 3.00. The maximum absolute atomic E-state index is 11.0. The molecule has 2 rings (SSSR count). The fourth-order valence-electron chi connectivity index (χ4n) is 1.73. The van der Waals surface area contributed by atoms with Gasteiger partial charge in [0, 0.05) is 16.6 Å². The number of aromatic nitrogens is 1. The molecule has 0 aliphatic rings. The van der Waals surface area contributed by atoms with Gasteiger partial charge in [0.1, 0.15) is 5.75 Å². The zero-order chi connectivity index (χ0) is 15.4. The average Bonchev–Trinajstić information content (AvgIpc) is 2.80. The van der Waals surface area contributed by atoms with Crippen molar-refractivity contribution in [1.29, 1.82) is 0 Å². The minimum atomic E-state index is -1.01. The standard InChI is InChI=1S/C15H18N2O3S/c1-4-9(2)20-12-7-5-6-11(8-12)16-15-17-13(14(18)19)10(3)21-15/h5-9H,4H2,1-3H3,(H,16,17)(H,18,19). The molecule has 0 saturated carbocycles. The first-order chi connectivity index (χ1) is 9.99. The molecule has 0 spiro atoms. The molecule has 6 heteroatoms. The van der Waals surface area contributed by atoms with Crippen LogP contribution in [0.1, 0.15) is 35.6 Å². The van der Waals surface area contributed by atoms with Gasteiger partial charge in [0.05, 0.1) is 6.10 Å². The van der Waals surface area contributed by atoms with Crippen LogP contribution in [0.3, 0.4) is 0 Å². The second kappa shape index (κ2) is 6.58. The molecule has 1 aromatic carbocycles. The number of nitrogens with one attached hydrogen (secondary N) is 1. The van der Waals surface area contributed by atoms with Crippen LogP contribution >= 0.6 is 11.3 Å². The Morgan fingerprint density at radius 3 is 2.90 bits per heavy atom. The summed E-state index contributed by atoms with van der Waals surface area (Å²) in [5, 5.41) is 12.7. The third-order valence-corrected chi connectivity index (χ3v) is 3.88. The van der Waals surface area contributed by atoms with Crippen LogP contribution in [0.5, 0.6) is 5.75 Å². The SMILES string of the molecule is CCC(C)Oc1cccc(Nc2nc(C(=O)O)c(C)s2)c1. The number of benzene rings is 1. The molecule has 0 amide bonds. The summed E-state index contributed by atoms with van der Waals surface area (Å²) in [6.07, 6.45) is 1.09. The van der Waals surface area contributed by atoms with Crippen LogP contribution in [0.25, 0.3) is 0 Å². The Morgan fingerprint density at radius 2 is 2.29 bits per heavy atom. The molecule has 1 atom stereocenters. The number of anilines is 2. The minimum absolute atomic E-state index is 0.0921. The lowest BCUT2D eigenvalue weighted by Gasteiger charge is -2.13. The number of aryl methyl sites for hydroxylation is 1. The highest BCUT2D eigenvalue weighted by Crippen LogP contribution is 2.27. The fraction of sp³-hybridized carbons (Fsp3) is 0.333. The molecule has 0 fully saturated rings. The largest absolute Gasteiger partial charge is 0.491 e. The molecule has 2 aromatic rings. The highest BCUT2D eigenvalue weighted by Gasteiger charge is 2.14. The summed E-state index contributed by atoms with van der Waals surface area (Å²) >= 11 is 1.32. The van der Waals surface area contributed by atoms with Crippen molar-refractivity contribution in [3.05, 3.63) is 34.8 Å². The van der Waals surface area contributed by atoms with E-state index < -0.39 is 5.97 Å². The van der Waals surface area contributed by atoms with E-state index in [-0.39, 0.29) is 11.8 Å². The maximum atomic E-state index is 11.0. The smallest absolute Gasteiger partial charge is 0.355 e. The molecule has 1 unspecified atom stereocenters. The molecule has 0 bridgehead atoms. The van der Waals surface area contributed by atoms with Crippen molar-refractivity contribution in [2.45, 2.75) is 33.3 Å². The molecule has 21 heavy (non-hydrogen) atoms. The molecule has 2 N–H and O–H groups in total. The van der Waals surface area contributed by atoms with Crippen molar-refractivity contribution in [3.8, 4) is 5.75 Å². The van der Waals surface area contributed by atoms with Crippen molar-refractivity contribution >= 4 is 28.1 Å². The predicted molar refractivity (Wildman–Crippen MR) is 83.9 cm³/mol. The minimum Gasteiger partial charge on any atom is -0.491 e. The number of rotatable bonds is 6. The number of carbonyl (C=O) groups is 1. The van der Waals surface area contributed by atoms with Gasteiger partial charge in [0.15, 0.2) is 10.8 Å². The molecule has 0 aliphatic carbocycles. The van der Waals surface area contributed by atoms with Crippen molar-refractivity contribution in [2.75, 3.05) is 5.32 Å². The number of thiazole rings is 1. The summed E-state index contributed by atoms with van der Waals surface area (Å²) in [6, 6.07) is 7.55. The van der Waals surface area contributed by atoms with Gasteiger partial charge in [-0.25, -0.2) is 9.78 Å². The van der Waals surface area contributed by atoms with Gasteiger partial charge in [0.25, 0.3) is 0 Å². The summed E-state index contributed by atoms with van der Waals surface area (Å²) in [6.45, 7) is 5.83. The van der Waals surface area contributed by atoms with E-state index in [0.717, 1.165) is 17.9 Å². The molecule has 0 aliphatic heterocycles. The Bertz CT molecular complexity index is 640. The molecule has 5 nitrogen and oxygen atoms in total. The van der Waals surface area contributed by atoms with Crippen LogP contribution in [0.15, 0.2) is 24.3 Å². The zero-order valence-electron chi connectivity index (χ0n) is 12.2. The van der Waals surface area contributed by atoms with Crippen molar-refractivity contribution in [1.82, 2.24) is 4.98 Å². The monoisotopic (exact) mass is 306 g/mol. The van der Waals surface area contributed by atoms with Gasteiger partial charge >= 0.3 is 5.97 Å². The van der Waals surface area contributed by atoms with E-state index in [1.165, 1.54) is 11.3 Å². The number of hydrogen-bond donors (Lipinski definition) is 2. The normalized spacial score (nSPS) is 12.0. The van der Waals surface area contributed by atoms with E-state index in [0.29, 0.717) is 10.0 Å². The van der Waals surface area contributed by atoms with Crippen LogP contribution in [0.4, 0.5) is 10.8 Å². The Balaban J connectivity index is 2.14. The number of carboxylic acid groups (broad SMARTS) is 1. The lowest BCUT2D eigenvalue weighted by molar-refractivity contribution is 0.0690. The van der Waals surface area contributed by atoms with Gasteiger partial charge in [-0.15, -0.1) is 11.3 Å². The highest BCUT2D eigenvalue weighted by atomic mass is 32.1. The Labute approximate surface area is 127 Å². The average molecular weight is 306 g/mol. The number of ether oxygens (including phenoxy) is 1. The molecule has 0 saturated heterocycles. The summed E-state index contributed by atoms with van der Waals surface area (Å²) < 4.78 is 5.76. The first-order valence-corrected chi connectivity index (χ1v) is 7.55. The Morgan fingerprint density at radius 1 is 1.52 bits per heavy atom. The van der Waals surface area contributed by atoms with Gasteiger partial charge in [-0.3, -0.25) is 0 Å². The summed E-state index contributed by atoms with van der Waals surface area (Å²) in [5.74, 6) is -0.230. The summed E-state index contributed by atoms with van der Waals surface area (Å²) in [5.41, 5.74) is 0.913. The van der Waals surface area contributed by atoms with Crippen LogP contribution in [-0.4, -0.2) is 22.2 Å². The van der Waals surface area contributed by atoms with Crippen molar-refractivity contribution in [2.24, 2.45) is 0 Å². The van der Waals surface area contributed by atoms with Crippen LogP contribution in [0, 0.1) is 6.92 Å². The van der Waals surface area contributed by atoms with E-state index in [4.69, 9.17) is 9.84 Å². The Hall–Kier alpha value is -2.08. The highest BCUT2D eigenvalue weighted by molar-refractivity contribution is 7.15. The summed E-state index contributed by atoms with van der Waals surface area (Å²) in [7, 11) is 0. The number of aromatic carboxylic acids is 1. The van der Waals surface area contributed by atoms with Crippen molar-refractivity contribution < 1.29 is 14.6 Å². The number of nitrogens with zero attached hydrogens (tertiary/aromatic N) is 1. The van der Waals surface area contributed by atoms with Crippen LogP contribution in [-0.2, 0) is 0 Å². The van der Waals surface area contributed by atoms with Crippen LogP contribution in [0.2, 0.25) is 0 Å². The van der Waals surface area contributed by atoms with E-state index in [1.807, 2.05) is 31.2 Å². The van der Waals surface area contributed by atoms with E-state index in [9.17, 15) is 4.79 Å². The van der Waals surface area contributed by atoms with Crippen LogP contribution < -0.4 is 10.1 Å². The number of carboxylic acids is 1. The lowest BCUT2D eigenvalue weighted by Crippen LogP contribution is -2.09. The lowest BCUT2D eigenvalue weighted by atomic mass is 10.3. The second-order valence-corrected chi connectivity index (χ2v) is 5.92. The van der Waals surface area contributed by atoms with E-state index in [1.54, 1.807) is 6.92 Å². The molecule has 0 radical (unpaired) electrons. The third kappa shape index (κ3) is 3.95. The van der Waals surface area contributed by atoms with E-state index in [2.05, 4.69) is 17.2 Å². The molecule has 112 valence electrons. The second-order valence-electron chi connectivity index (χ2n) is 4.72. The first kappa shape index (κ1) is 15.3. The summed E-state index contributed by atoms with van der Waals surface area (Å²) in [4.78, 5) is 15.7. The molecule has 1 heterocycles. The fourth-order valence-corrected chi connectivity index (χ4v) is 2.56. The zero-order valence-corrected chi connectivity index (χ0v) is 13.0. The van der Waals surface area contributed by atoms with Gasteiger partial charge in [-0.1, -0.05) is 13.0 Å².